The molecule has 0 radical (unpaired) electrons. The van der Waals surface area contributed by atoms with E-state index >= 15 is 0 Å². The average Bonchev–Trinajstić information content (AvgIpc) is 3.15. The van der Waals surface area contributed by atoms with Gasteiger partial charge in [0.05, 0.1) is 39.2 Å². The van der Waals surface area contributed by atoms with Gasteiger partial charge in [-0.1, -0.05) is 19.4 Å². The summed E-state index contributed by atoms with van der Waals surface area (Å²) in [6.07, 6.45) is 4.46. The topological polar surface area (TPSA) is 63.8 Å². The van der Waals surface area contributed by atoms with Crippen LogP contribution in [0.1, 0.15) is 37.1 Å². The van der Waals surface area contributed by atoms with Crippen LogP contribution in [0.25, 0.3) is 10.9 Å². The van der Waals surface area contributed by atoms with E-state index in [0.717, 1.165) is 43.6 Å². The maximum absolute atomic E-state index is 12.5. The van der Waals surface area contributed by atoms with Gasteiger partial charge >= 0.3 is 5.97 Å². The number of esters is 1. The number of nitrogens with one attached hydrogen (secondary N) is 1. The number of H-pyrrole nitrogens is 1. The first-order valence-corrected chi connectivity index (χ1v) is 10.4. The number of benzene rings is 1. The van der Waals surface area contributed by atoms with Crippen LogP contribution in [0.2, 0.25) is 0 Å². The summed E-state index contributed by atoms with van der Waals surface area (Å²) in [6.45, 7) is 4.19. The van der Waals surface area contributed by atoms with Crippen LogP contribution < -0.4 is 4.74 Å². The summed E-state index contributed by atoms with van der Waals surface area (Å²) in [6, 6.07) is 6.40. The molecule has 1 aromatic heterocycles. The molecule has 6 heteroatoms. The number of rotatable bonds is 5. The Balaban J connectivity index is 1.76. The van der Waals surface area contributed by atoms with Crippen LogP contribution >= 0.6 is 0 Å². The van der Waals surface area contributed by atoms with E-state index in [1.165, 1.54) is 23.8 Å². The maximum atomic E-state index is 12.5. The summed E-state index contributed by atoms with van der Waals surface area (Å²) >= 11 is 0. The molecule has 1 N–H and O–H groups in total. The van der Waals surface area contributed by atoms with Crippen molar-refractivity contribution >= 4 is 16.9 Å². The number of piperidine rings is 1. The van der Waals surface area contributed by atoms with Crippen molar-refractivity contribution in [2.75, 3.05) is 34.4 Å². The van der Waals surface area contributed by atoms with Crippen LogP contribution in [0.5, 0.6) is 5.75 Å². The third-order valence-electron chi connectivity index (χ3n) is 6.67. The highest BCUT2D eigenvalue weighted by molar-refractivity contribution is 5.91. The standard InChI is InChI=1S/C23H30N2O4/c1-5-14-12-25-10-9-15-21-18(7-6-8-20(21)28-3)24-22(15)19(25)11-16(14)17(13-27-2)23(26)29-4/h6-8,13-14,16,19,24H,5,9-12H2,1-4H3/b17-13-. The Kier molecular flexibility index (Phi) is 5.54. The number of carbonyl (C=O) groups is 1. The molecule has 3 atom stereocenters. The number of aromatic amines is 1. The van der Waals surface area contributed by atoms with Gasteiger partial charge in [0.1, 0.15) is 5.75 Å². The molecule has 2 aromatic rings. The van der Waals surface area contributed by atoms with Gasteiger partial charge < -0.3 is 19.2 Å². The lowest BCUT2D eigenvalue weighted by atomic mass is 9.74. The minimum Gasteiger partial charge on any atom is -0.504 e. The summed E-state index contributed by atoms with van der Waals surface area (Å²) in [7, 11) is 4.75. The predicted octanol–water partition coefficient (Wildman–Crippen LogP) is 3.83. The Morgan fingerprint density at radius 2 is 2.14 bits per heavy atom. The number of aromatic nitrogens is 1. The van der Waals surface area contributed by atoms with Crippen molar-refractivity contribution in [1.29, 1.82) is 0 Å². The zero-order chi connectivity index (χ0) is 20.5. The van der Waals surface area contributed by atoms with E-state index in [4.69, 9.17) is 14.2 Å². The highest BCUT2D eigenvalue weighted by Crippen LogP contribution is 2.47. The van der Waals surface area contributed by atoms with Gasteiger partial charge in [-0.15, -0.1) is 0 Å². The molecule has 6 nitrogen and oxygen atoms in total. The van der Waals surface area contributed by atoms with Gasteiger partial charge in [0, 0.05) is 29.7 Å². The third-order valence-corrected chi connectivity index (χ3v) is 6.67. The molecule has 0 saturated carbocycles. The highest BCUT2D eigenvalue weighted by atomic mass is 16.5. The fraction of sp³-hybridized carbons (Fsp3) is 0.522. The fourth-order valence-corrected chi connectivity index (χ4v) is 5.28. The average molecular weight is 399 g/mol. The van der Waals surface area contributed by atoms with Gasteiger partial charge in [-0.3, -0.25) is 4.90 Å². The quantitative estimate of drug-likeness (QED) is 0.471. The molecular weight excluding hydrogens is 368 g/mol. The molecule has 0 amide bonds. The summed E-state index contributed by atoms with van der Waals surface area (Å²) in [5, 5.41) is 1.19. The minimum atomic E-state index is -0.293. The van der Waals surface area contributed by atoms with E-state index in [0.29, 0.717) is 11.5 Å². The minimum absolute atomic E-state index is 0.105. The van der Waals surface area contributed by atoms with Gasteiger partial charge in [0.2, 0.25) is 0 Å². The molecular formula is C23H30N2O4. The SMILES string of the molecule is CCC1CN2CCc3c([nH]c4cccc(OC)c34)C2CC1/C(=C/OC)C(=O)OC. The van der Waals surface area contributed by atoms with Crippen molar-refractivity contribution < 1.29 is 19.0 Å². The van der Waals surface area contributed by atoms with E-state index in [1.54, 1.807) is 20.5 Å². The number of fused-ring (bicyclic) bond motifs is 5. The number of methoxy groups -OCH3 is 3. The number of carbonyl (C=O) groups excluding carboxylic acids is 1. The predicted molar refractivity (Wildman–Crippen MR) is 112 cm³/mol. The van der Waals surface area contributed by atoms with E-state index in [2.05, 4.69) is 22.9 Å². The first-order valence-electron chi connectivity index (χ1n) is 10.4. The number of hydrogen-bond donors (Lipinski definition) is 1. The van der Waals surface area contributed by atoms with Crippen molar-refractivity contribution in [3.05, 3.63) is 41.3 Å². The molecule has 1 aromatic carbocycles. The Morgan fingerprint density at radius 3 is 2.83 bits per heavy atom. The Bertz CT molecular complexity index is 932. The van der Waals surface area contributed by atoms with Gasteiger partial charge in [-0.2, -0.15) is 0 Å². The van der Waals surface area contributed by atoms with Gasteiger partial charge in [-0.25, -0.2) is 4.79 Å². The lowest BCUT2D eigenvalue weighted by Crippen LogP contribution is -2.47. The summed E-state index contributed by atoms with van der Waals surface area (Å²) in [4.78, 5) is 18.7. The van der Waals surface area contributed by atoms with Crippen LogP contribution in [0.3, 0.4) is 0 Å². The Morgan fingerprint density at radius 1 is 1.31 bits per heavy atom. The first-order chi connectivity index (χ1) is 14.1. The molecule has 2 aliphatic heterocycles. The monoisotopic (exact) mass is 398 g/mol. The Hall–Kier alpha value is -2.47. The van der Waals surface area contributed by atoms with Crippen molar-refractivity contribution in [2.24, 2.45) is 11.8 Å². The fourth-order valence-electron chi connectivity index (χ4n) is 5.28. The zero-order valence-corrected chi connectivity index (χ0v) is 17.7. The summed E-state index contributed by atoms with van der Waals surface area (Å²) < 4.78 is 16.0. The number of nitrogens with zero attached hydrogens (tertiary/aromatic N) is 1. The van der Waals surface area contributed by atoms with Crippen LogP contribution in [0.4, 0.5) is 0 Å². The molecule has 2 aliphatic rings. The van der Waals surface area contributed by atoms with Crippen molar-refractivity contribution in [3.8, 4) is 5.75 Å². The Labute approximate surface area is 171 Å². The number of hydrogen-bond acceptors (Lipinski definition) is 5. The van der Waals surface area contributed by atoms with E-state index < -0.39 is 0 Å². The molecule has 156 valence electrons. The maximum Gasteiger partial charge on any atom is 0.337 e. The molecule has 3 unspecified atom stereocenters. The molecule has 4 rings (SSSR count). The van der Waals surface area contributed by atoms with E-state index in [9.17, 15) is 4.79 Å². The second-order valence-corrected chi connectivity index (χ2v) is 7.97. The molecule has 1 fully saturated rings. The summed E-state index contributed by atoms with van der Waals surface area (Å²) in [5.41, 5.74) is 4.37. The molecule has 29 heavy (non-hydrogen) atoms. The second kappa shape index (κ2) is 8.11. The van der Waals surface area contributed by atoms with Crippen LogP contribution in [-0.4, -0.2) is 50.3 Å². The van der Waals surface area contributed by atoms with Gasteiger partial charge in [0.15, 0.2) is 0 Å². The van der Waals surface area contributed by atoms with E-state index in [1.807, 2.05) is 12.1 Å². The van der Waals surface area contributed by atoms with Crippen LogP contribution in [0.15, 0.2) is 30.0 Å². The summed E-state index contributed by atoms with van der Waals surface area (Å²) in [5.74, 6) is 1.12. The normalized spacial score (nSPS) is 24.7. The molecule has 0 bridgehead atoms. The molecule has 1 saturated heterocycles. The smallest absolute Gasteiger partial charge is 0.337 e. The van der Waals surface area contributed by atoms with Crippen LogP contribution in [-0.2, 0) is 20.7 Å². The molecule has 3 heterocycles. The molecule has 0 aliphatic carbocycles. The first kappa shape index (κ1) is 19.8. The molecule has 0 spiro atoms. The lowest BCUT2D eigenvalue weighted by Gasteiger charge is -2.46. The zero-order valence-electron chi connectivity index (χ0n) is 17.7. The van der Waals surface area contributed by atoms with Gasteiger partial charge in [-0.05, 0) is 42.4 Å². The van der Waals surface area contributed by atoms with Crippen molar-refractivity contribution in [2.45, 2.75) is 32.2 Å². The largest absolute Gasteiger partial charge is 0.504 e. The van der Waals surface area contributed by atoms with Gasteiger partial charge in [0.25, 0.3) is 0 Å². The van der Waals surface area contributed by atoms with E-state index in [-0.39, 0.29) is 17.9 Å². The number of ether oxygens (including phenoxy) is 3. The highest BCUT2D eigenvalue weighted by Gasteiger charge is 2.42. The lowest BCUT2D eigenvalue weighted by molar-refractivity contribution is -0.137. The van der Waals surface area contributed by atoms with Crippen LogP contribution in [0, 0.1) is 11.8 Å². The van der Waals surface area contributed by atoms with Crippen molar-refractivity contribution in [3.63, 3.8) is 0 Å². The third kappa shape index (κ3) is 3.29. The van der Waals surface area contributed by atoms with Crippen molar-refractivity contribution in [1.82, 2.24) is 9.88 Å². The second-order valence-electron chi connectivity index (χ2n) is 7.97.